The van der Waals surface area contributed by atoms with Gasteiger partial charge in [0.05, 0.1) is 16.7 Å². The molecule has 3 rings (SSSR count). The van der Waals surface area contributed by atoms with E-state index in [1.54, 1.807) is 6.08 Å². The van der Waals surface area contributed by atoms with E-state index in [-0.39, 0.29) is 17.3 Å². The smallest absolute Gasteiger partial charge is 0.290 e. The van der Waals surface area contributed by atoms with Crippen LogP contribution < -0.4 is 15.0 Å². The molecule has 1 N–H and O–H groups in total. The first-order valence-corrected chi connectivity index (χ1v) is 8.65. The number of anilines is 1. The van der Waals surface area contributed by atoms with Gasteiger partial charge in [0, 0.05) is 18.7 Å². The van der Waals surface area contributed by atoms with Crippen LogP contribution in [-0.4, -0.2) is 30.3 Å². The molecule has 1 aromatic carbocycles. The molecule has 2 heterocycles. The van der Waals surface area contributed by atoms with Crippen LogP contribution >= 0.6 is 11.8 Å². The number of carbonyl (C=O) groups is 2. The number of hydrogen-bond acceptors (Lipinski definition) is 5. The highest BCUT2D eigenvalue weighted by atomic mass is 32.2. The summed E-state index contributed by atoms with van der Waals surface area (Å²) in [6.45, 7) is 5.95. The van der Waals surface area contributed by atoms with Gasteiger partial charge < -0.3 is 9.64 Å². The molecular weight excluding hydrogens is 312 g/mol. The maximum atomic E-state index is 11.8. The Morgan fingerprint density at radius 1 is 1.26 bits per heavy atom. The van der Waals surface area contributed by atoms with Crippen molar-refractivity contribution in [3.8, 4) is 5.75 Å². The number of rotatable bonds is 4. The van der Waals surface area contributed by atoms with E-state index < -0.39 is 0 Å². The van der Waals surface area contributed by atoms with Gasteiger partial charge in [-0.2, -0.15) is 0 Å². The van der Waals surface area contributed by atoms with Crippen LogP contribution in [0.4, 0.5) is 10.5 Å². The van der Waals surface area contributed by atoms with Crippen molar-refractivity contribution in [2.45, 2.75) is 32.8 Å². The molecule has 5 nitrogen and oxygen atoms in total. The molecule has 2 fully saturated rings. The maximum absolute atomic E-state index is 11.8. The highest BCUT2D eigenvalue weighted by molar-refractivity contribution is 8.18. The number of imide groups is 1. The van der Waals surface area contributed by atoms with Crippen molar-refractivity contribution in [3.63, 3.8) is 0 Å². The van der Waals surface area contributed by atoms with Crippen molar-refractivity contribution in [2.75, 3.05) is 18.0 Å². The summed E-state index contributed by atoms with van der Waals surface area (Å²) in [5, 5.41) is 1.97. The van der Waals surface area contributed by atoms with Crippen molar-refractivity contribution in [1.29, 1.82) is 0 Å². The van der Waals surface area contributed by atoms with Crippen LogP contribution in [0.1, 0.15) is 32.3 Å². The minimum absolute atomic E-state index is 0.0741. The van der Waals surface area contributed by atoms with E-state index in [4.69, 9.17) is 4.74 Å². The number of carbonyl (C=O) groups excluding carboxylic acids is 2. The topological polar surface area (TPSA) is 58.6 Å². The minimum atomic E-state index is -0.331. The van der Waals surface area contributed by atoms with Crippen molar-refractivity contribution in [1.82, 2.24) is 5.32 Å². The number of hydrogen-bond donors (Lipinski definition) is 1. The van der Waals surface area contributed by atoms with Gasteiger partial charge in [-0.25, -0.2) is 0 Å². The van der Waals surface area contributed by atoms with Crippen molar-refractivity contribution < 1.29 is 14.3 Å². The summed E-state index contributed by atoms with van der Waals surface area (Å²) in [6.07, 6.45) is 4.16. The van der Waals surface area contributed by atoms with Crippen LogP contribution in [0, 0.1) is 0 Å². The third kappa shape index (κ3) is 3.52. The Morgan fingerprint density at radius 3 is 2.61 bits per heavy atom. The monoisotopic (exact) mass is 332 g/mol. The average Bonchev–Trinajstić information content (AvgIpc) is 3.09. The summed E-state index contributed by atoms with van der Waals surface area (Å²) in [4.78, 5) is 25.9. The number of para-hydroxylation sites is 1. The Balaban J connectivity index is 2.03. The predicted molar refractivity (Wildman–Crippen MR) is 92.8 cm³/mol. The molecule has 0 radical (unpaired) electrons. The van der Waals surface area contributed by atoms with Crippen molar-refractivity contribution in [2.24, 2.45) is 0 Å². The Hall–Kier alpha value is -1.95. The summed E-state index contributed by atoms with van der Waals surface area (Å²) in [5.74, 6) is 0.494. The first kappa shape index (κ1) is 15.9. The van der Waals surface area contributed by atoms with Gasteiger partial charge in [-0.1, -0.05) is 12.1 Å². The van der Waals surface area contributed by atoms with E-state index in [0.29, 0.717) is 4.91 Å². The highest BCUT2D eigenvalue weighted by Crippen LogP contribution is 2.38. The fraction of sp³-hybridized carbons (Fsp3) is 0.412. The van der Waals surface area contributed by atoms with Gasteiger partial charge in [0.25, 0.3) is 11.1 Å². The Kier molecular flexibility index (Phi) is 4.61. The van der Waals surface area contributed by atoms with Gasteiger partial charge in [-0.15, -0.1) is 0 Å². The van der Waals surface area contributed by atoms with Crippen molar-refractivity contribution in [3.05, 3.63) is 28.7 Å². The molecule has 0 aromatic heterocycles. The second kappa shape index (κ2) is 6.66. The molecule has 2 amide bonds. The lowest BCUT2D eigenvalue weighted by molar-refractivity contribution is -0.115. The van der Waals surface area contributed by atoms with Crippen LogP contribution in [-0.2, 0) is 4.79 Å². The molecule has 0 bridgehead atoms. The predicted octanol–water partition coefficient (Wildman–Crippen LogP) is 3.40. The zero-order valence-corrected chi connectivity index (χ0v) is 14.1. The van der Waals surface area contributed by atoms with Crippen LogP contribution in [0.5, 0.6) is 5.75 Å². The Labute approximate surface area is 140 Å². The van der Waals surface area contributed by atoms with Crippen LogP contribution in [0.2, 0.25) is 0 Å². The molecule has 0 unspecified atom stereocenters. The SMILES string of the molecule is CC(C)Oc1cccc(C=C2SC(=O)NC2=O)c1N1CCCC1. The first-order valence-electron chi connectivity index (χ1n) is 7.84. The second-order valence-corrected chi connectivity index (χ2v) is 6.92. The Morgan fingerprint density at radius 2 is 2.00 bits per heavy atom. The molecule has 2 aliphatic heterocycles. The number of ether oxygens (including phenoxy) is 1. The van der Waals surface area contributed by atoms with Crippen LogP contribution in [0.3, 0.4) is 0 Å². The Bertz CT molecular complexity index is 664. The van der Waals surface area contributed by atoms with E-state index in [0.717, 1.165) is 54.7 Å². The highest BCUT2D eigenvalue weighted by Gasteiger charge is 2.27. The molecule has 0 atom stereocenters. The zero-order valence-electron chi connectivity index (χ0n) is 13.3. The number of amides is 2. The van der Waals surface area contributed by atoms with Gasteiger partial charge in [-0.3, -0.25) is 14.9 Å². The molecule has 2 aliphatic rings. The van der Waals surface area contributed by atoms with Crippen molar-refractivity contribution >= 4 is 34.7 Å². The first-order chi connectivity index (χ1) is 11.0. The number of thioether (sulfide) groups is 1. The molecule has 1 aromatic rings. The largest absolute Gasteiger partial charge is 0.489 e. The summed E-state index contributed by atoms with van der Waals surface area (Å²) in [6, 6.07) is 5.84. The molecular formula is C17H20N2O3S. The summed E-state index contributed by atoms with van der Waals surface area (Å²) < 4.78 is 5.97. The molecule has 0 aliphatic carbocycles. The lowest BCUT2D eigenvalue weighted by Gasteiger charge is -2.25. The molecule has 0 saturated carbocycles. The standard InChI is InChI=1S/C17H20N2O3S/c1-11(2)22-13-7-5-6-12(15(13)19-8-3-4-9-19)10-14-16(20)18-17(21)23-14/h5-7,10-11H,3-4,8-9H2,1-2H3,(H,18,20,21). The lowest BCUT2D eigenvalue weighted by Crippen LogP contribution is -2.21. The van der Waals surface area contributed by atoms with Gasteiger partial charge >= 0.3 is 0 Å². The molecule has 0 spiro atoms. The second-order valence-electron chi connectivity index (χ2n) is 5.91. The van der Waals surface area contributed by atoms with Gasteiger partial charge in [0.15, 0.2) is 0 Å². The van der Waals surface area contributed by atoms with Gasteiger partial charge in [0.1, 0.15) is 5.75 Å². The lowest BCUT2D eigenvalue weighted by atomic mass is 10.1. The molecule has 6 heteroatoms. The molecule has 23 heavy (non-hydrogen) atoms. The third-order valence-electron chi connectivity index (χ3n) is 3.74. The normalized spacial score (nSPS) is 19.8. The summed E-state index contributed by atoms with van der Waals surface area (Å²) >= 11 is 0.942. The fourth-order valence-corrected chi connectivity index (χ4v) is 3.52. The number of nitrogens with zero attached hydrogens (tertiary/aromatic N) is 1. The molecule has 122 valence electrons. The summed E-state index contributed by atoms with van der Waals surface area (Å²) in [5.41, 5.74) is 1.93. The average molecular weight is 332 g/mol. The molecule has 2 saturated heterocycles. The van der Waals surface area contributed by atoms with Gasteiger partial charge in [-0.05, 0) is 50.6 Å². The minimum Gasteiger partial charge on any atom is -0.489 e. The van der Waals surface area contributed by atoms with E-state index >= 15 is 0 Å². The third-order valence-corrected chi connectivity index (χ3v) is 4.55. The van der Waals surface area contributed by atoms with E-state index in [1.165, 1.54) is 0 Å². The zero-order chi connectivity index (χ0) is 16.4. The maximum Gasteiger partial charge on any atom is 0.290 e. The van der Waals surface area contributed by atoms with E-state index in [9.17, 15) is 9.59 Å². The summed E-state index contributed by atoms with van der Waals surface area (Å²) in [7, 11) is 0. The fourth-order valence-electron chi connectivity index (χ4n) is 2.85. The quantitative estimate of drug-likeness (QED) is 0.857. The number of nitrogens with one attached hydrogen (secondary N) is 1. The van der Waals surface area contributed by atoms with E-state index in [2.05, 4.69) is 10.2 Å². The van der Waals surface area contributed by atoms with Gasteiger partial charge in [0.2, 0.25) is 0 Å². The number of benzene rings is 1. The van der Waals surface area contributed by atoms with E-state index in [1.807, 2.05) is 32.0 Å². The van der Waals surface area contributed by atoms with Crippen LogP contribution in [0.15, 0.2) is 23.1 Å². The van der Waals surface area contributed by atoms with Crippen LogP contribution in [0.25, 0.3) is 6.08 Å².